The SMILES string of the molecule is COc1ccc(CC(=O)Nc2cccc(CN(CCCN)C(=O)c3ccc(OC)cc3)c2)cc1. The molecule has 0 spiro atoms. The van der Waals surface area contributed by atoms with E-state index in [4.69, 9.17) is 15.2 Å². The Morgan fingerprint density at radius 1 is 0.882 bits per heavy atom. The van der Waals surface area contributed by atoms with Gasteiger partial charge in [-0.2, -0.15) is 0 Å². The molecule has 3 N–H and O–H groups in total. The molecule has 0 atom stereocenters. The predicted molar refractivity (Wildman–Crippen MR) is 133 cm³/mol. The standard InChI is InChI=1S/C27H31N3O4/c1-33-24-11-7-20(8-12-24)18-26(31)29-23-6-3-5-21(17-23)19-30(16-4-15-28)27(32)22-9-13-25(34-2)14-10-22/h3,5-14,17H,4,15-16,18-19,28H2,1-2H3,(H,29,31). The molecule has 3 aromatic rings. The van der Waals surface area contributed by atoms with Crippen molar-refractivity contribution in [1.29, 1.82) is 0 Å². The molecule has 0 radical (unpaired) electrons. The molecule has 7 heteroatoms. The highest BCUT2D eigenvalue weighted by molar-refractivity contribution is 5.94. The summed E-state index contributed by atoms with van der Waals surface area (Å²) >= 11 is 0. The van der Waals surface area contributed by atoms with Gasteiger partial charge in [0.2, 0.25) is 5.91 Å². The van der Waals surface area contributed by atoms with E-state index in [1.54, 1.807) is 43.4 Å². The highest BCUT2D eigenvalue weighted by Gasteiger charge is 2.16. The van der Waals surface area contributed by atoms with Crippen molar-refractivity contribution in [2.45, 2.75) is 19.4 Å². The summed E-state index contributed by atoms with van der Waals surface area (Å²) in [5.74, 6) is 1.25. The third-order valence-corrected chi connectivity index (χ3v) is 5.36. The molecule has 0 bridgehead atoms. The molecule has 0 aromatic heterocycles. The van der Waals surface area contributed by atoms with Crippen LogP contribution in [-0.4, -0.2) is 44.0 Å². The number of nitrogens with zero attached hydrogens (tertiary/aromatic N) is 1. The first-order valence-electron chi connectivity index (χ1n) is 11.2. The molecular formula is C27H31N3O4. The van der Waals surface area contributed by atoms with Gasteiger partial charge in [0.1, 0.15) is 11.5 Å². The van der Waals surface area contributed by atoms with E-state index in [0.717, 1.165) is 16.9 Å². The Balaban J connectivity index is 1.67. The summed E-state index contributed by atoms with van der Waals surface area (Å²) in [6.45, 7) is 1.44. The lowest BCUT2D eigenvalue weighted by atomic mass is 10.1. The van der Waals surface area contributed by atoms with Crippen LogP contribution in [0.1, 0.15) is 27.9 Å². The number of hydrogen-bond acceptors (Lipinski definition) is 5. The van der Waals surface area contributed by atoms with Crippen molar-refractivity contribution in [2.24, 2.45) is 5.73 Å². The lowest BCUT2D eigenvalue weighted by molar-refractivity contribution is -0.115. The third-order valence-electron chi connectivity index (χ3n) is 5.36. The van der Waals surface area contributed by atoms with Gasteiger partial charge in [-0.05, 0) is 72.6 Å². The second-order valence-corrected chi connectivity index (χ2v) is 7.87. The number of methoxy groups -OCH3 is 2. The molecule has 34 heavy (non-hydrogen) atoms. The number of anilines is 1. The van der Waals surface area contributed by atoms with Gasteiger partial charge in [-0.1, -0.05) is 24.3 Å². The zero-order valence-electron chi connectivity index (χ0n) is 19.6. The van der Waals surface area contributed by atoms with Crippen molar-refractivity contribution in [3.05, 3.63) is 89.5 Å². The number of nitrogens with two attached hydrogens (primary N) is 1. The summed E-state index contributed by atoms with van der Waals surface area (Å²) in [6.07, 6.45) is 0.951. The van der Waals surface area contributed by atoms with Crippen LogP contribution < -0.4 is 20.5 Å². The highest BCUT2D eigenvalue weighted by Crippen LogP contribution is 2.18. The molecule has 0 heterocycles. The van der Waals surface area contributed by atoms with Crippen LogP contribution in [0.4, 0.5) is 5.69 Å². The van der Waals surface area contributed by atoms with Crippen molar-refractivity contribution in [1.82, 2.24) is 4.90 Å². The van der Waals surface area contributed by atoms with Crippen LogP contribution in [-0.2, 0) is 17.8 Å². The molecule has 0 aliphatic carbocycles. The van der Waals surface area contributed by atoms with Crippen molar-refractivity contribution < 1.29 is 19.1 Å². The van der Waals surface area contributed by atoms with Crippen LogP contribution in [0.25, 0.3) is 0 Å². The Morgan fingerprint density at radius 2 is 1.53 bits per heavy atom. The molecule has 0 saturated carbocycles. The zero-order chi connectivity index (χ0) is 24.3. The smallest absolute Gasteiger partial charge is 0.254 e. The van der Waals surface area contributed by atoms with Crippen LogP contribution in [0.5, 0.6) is 11.5 Å². The minimum Gasteiger partial charge on any atom is -0.497 e. The van der Waals surface area contributed by atoms with Gasteiger partial charge in [0, 0.05) is 24.3 Å². The predicted octanol–water partition coefficient (Wildman–Crippen LogP) is 3.88. The molecule has 3 aromatic carbocycles. The largest absolute Gasteiger partial charge is 0.497 e. The maximum absolute atomic E-state index is 13.1. The molecule has 0 aliphatic rings. The van der Waals surface area contributed by atoms with Crippen LogP contribution in [0.15, 0.2) is 72.8 Å². The van der Waals surface area contributed by atoms with Crippen LogP contribution in [0.2, 0.25) is 0 Å². The summed E-state index contributed by atoms with van der Waals surface area (Å²) in [7, 11) is 3.20. The van der Waals surface area contributed by atoms with Gasteiger partial charge in [0.05, 0.1) is 20.6 Å². The average Bonchev–Trinajstić information content (AvgIpc) is 2.86. The number of hydrogen-bond donors (Lipinski definition) is 2. The van der Waals surface area contributed by atoms with Gasteiger partial charge in [-0.25, -0.2) is 0 Å². The Bertz CT molecular complexity index is 1080. The van der Waals surface area contributed by atoms with Gasteiger partial charge in [-0.3, -0.25) is 9.59 Å². The van der Waals surface area contributed by atoms with E-state index in [9.17, 15) is 9.59 Å². The van der Waals surface area contributed by atoms with E-state index in [-0.39, 0.29) is 18.2 Å². The van der Waals surface area contributed by atoms with Crippen molar-refractivity contribution in [3.8, 4) is 11.5 Å². The molecule has 0 saturated heterocycles. The minimum atomic E-state index is -0.114. The van der Waals surface area contributed by atoms with E-state index in [2.05, 4.69) is 5.32 Å². The lowest BCUT2D eigenvalue weighted by Crippen LogP contribution is -2.32. The molecule has 7 nitrogen and oxygen atoms in total. The quantitative estimate of drug-likeness (QED) is 0.452. The number of carbonyl (C=O) groups excluding carboxylic acids is 2. The van der Waals surface area contributed by atoms with Crippen LogP contribution in [0, 0.1) is 0 Å². The first-order valence-corrected chi connectivity index (χ1v) is 11.2. The number of carbonyl (C=O) groups is 2. The van der Waals surface area contributed by atoms with Gasteiger partial charge in [-0.15, -0.1) is 0 Å². The van der Waals surface area contributed by atoms with E-state index in [1.807, 2.05) is 48.5 Å². The molecule has 0 aliphatic heterocycles. The normalized spacial score (nSPS) is 10.4. The first kappa shape index (κ1) is 24.8. The second-order valence-electron chi connectivity index (χ2n) is 7.87. The van der Waals surface area contributed by atoms with Gasteiger partial charge in [0.15, 0.2) is 0 Å². The fourth-order valence-corrected chi connectivity index (χ4v) is 3.55. The van der Waals surface area contributed by atoms with E-state index >= 15 is 0 Å². The Morgan fingerprint density at radius 3 is 2.15 bits per heavy atom. The van der Waals surface area contributed by atoms with Crippen molar-refractivity contribution in [2.75, 3.05) is 32.6 Å². The average molecular weight is 462 g/mol. The van der Waals surface area contributed by atoms with E-state index < -0.39 is 0 Å². The first-order chi connectivity index (χ1) is 16.5. The minimum absolute atomic E-state index is 0.0787. The fraction of sp³-hybridized carbons (Fsp3) is 0.259. The molecule has 3 rings (SSSR count). The van der Waals surface area contributed by atoms with Crippen molar-refractivity contribution in [3.63, 3.8) is 0 Å². The number of benzene rings is 3. The maximum atomic E-state index is 13.1. The number of amides is 2. The summed E-state index contributed by atoms with van der Waals surface area (Å²) in [6, 6.07) is 22.0. The van der Waals surface area contributed by atoms with E-state index in [0.29, 0.717) is 43.1 Å². The Kier molecular flexibility index (Phi) is 9.05. The van der Waals surface area contributed by atoms with Gasteiger partial charge in [0.25, 0.3) is 5.91 Å². The zero-order valence-corrected chi connectivity index (χ0v) is 19.6. The summed E-state index contributed by atoms with van der Waals surface area (Å²) in [5, 5.41) is 2.94. The molecular weight excluding hydrogens is 430 g/mol. The third kappa shape index (κ3) is 7.08. The Hall–Kier alpha value is -3.84. The number of rotatable bonds is 11. The monoisotopic (exact) mass is 461 g/mol. The maximum Gasteiger partial charge on any atom is 0.254 e. The van der Waals surface area contributed by atoms with Gasteiger partial charge < -0.3 is 25.4 Å². The summed E-state index contributed by atoms with van der Waals surface area (Å²) < 4.78 is 10.3. The van der Waals surface area contributed by atoms with Crippen LogP contribution >= 0.6 is 0 Å². The number of ether oxygens (including phenoxy) is 2. The summed E-state index contributed by atoms with van der Waals surface area (Å²) in [5.41, 5.74) is 8.78. The molecule has 2 amide bonds. The van der Waals surface area contributed by atoms with E-state index in [1.165, 1.54) is 0 Å². The summed E-state index contributed by atoms with van der Waals surface area (Å²) in [4.78, 5) is 27.4. The van der Waals surface area contributed by atoms with Crippen molar-refractivity contribution >= 4 is 17.5 Å². The molecule has 0 unspecified atom stereocenters. The molecule has 178 valence electrons. The second kappa shape index (κ2) is 12.4. The fourth-order valence-electron chi connectivity index (χ4n) is 3.55. The lowest BCUT2D eigenvalue weighted by Gasteiger charge is -2.23. The van der Waals surface area contributed by atoms with Gasteiger partial charge >= 0.3 is 0 Å². The Labute approximate surface area is 200 Å². The molecule has 0 fully saturated rings. The van der Waals surface area contributed by atoms with Crippen LogP contribution in [0.3, 0.4) is 0 Å². The highest BCUT2D eigenvalue weighted by atomic mass is 16.5. The topological polar surface area (TPSA) is 93.9 Å². The number of nitrogens with one attached hydrogen (secondary N) is 1.